The molecule has 1 aromatic heterocycles. The average Bonchev–Trinajstić information content (AvgIpc) is 2.60. The van der Waals surface area contributed by atoms with Crippen LogP contribution < -0.4 is 0 Å². The Morgan fingerprint density at radius 3 is 2.69 bits per heavy atom. The molecule has 0 spiro atoms. The lowest BCUT2D eigenvalue weighted by Gasteiger charge is -2.16. The van der Waals surface area contributed by atoms with Crippen molar-refractivity contribution in [2.45, 2.75) is 19.3 Å². The zero-order chi connectivity index (χ0) is 11.9. The lowest BCUT2D eigenvalue weighted by molar-refractivity contribution is -0.142. The second-order valence-electron chi connectivity index (χ2n) is 4.34. The fourth-order valence-corrected chi connectivity index (χ4v) is 1.56. The van der Waals surface area contributed by atoms with Crippen LogP contribution in [0.15, 0.2) is 24.3 Å². The quantitative estimate of drug-likeness (QED) is 0.819. The molecule has 0 aliphatic heterocycles. The van der Waals surface area contributed by atoms with Crippen LogP contribution in [0.5, 0.6) is 0 Å². The van der Waals surface area contributed by atoms with E-state index in [0.717, 1.165) is 5.52 Å². The van der Waals surface area contributed by atoms with Crippen LogP contribution in [0.25, 0.3) is 10.9 Å². The summed E-state index contributed by atoms with van der Waals surface area (Å²) in [5, 5.41) is 9.76. The van der Waals surface area contributed by atoms with Gasteiger partial charge in [-0.2, -0.15) is 0 Å². The van der Waals surface area contributed by atoms with Crippen molar-refractivity contribution in [1.29, 1.82) is 0 Å². The van der Waals surface area contributed by atoms with Gasteiger partial charge < -0.3 is 10.1 Å². The molecule has 3 nitrogen and oxygen atoms in total. The van der Waals surface area contributed by atoms with E-state index in [1.807, 2.05) is 0 Å². The zero-order valence-electron chi connectivity index (χ0n) is 9.04. The highest BCUT2D eigenvalue weighted by atomic mass is 19.1. The highest BCUT2D eigenvalue weighted by Crippen LogP contribution is 2.26. The molecule has 0 amide bonds. The van der Waals surface area contributed by atoms with E-state index in [2.05, 4.69) is 4.98 Å². The SMILES string of the molecule is CC(C)(C(=O)O)c1cc2cc(F)ccc2[nH]1. The number of hydrogen-bond acceptors (Lipinski definition) is 1. The average molecular weight is 221 g/mol. The van der Waals surface area contributed by atoms with Gasteiger partial charge in [-0.15, -0.1) is 0 Å². The Hall–Kier alpha value is -1.84. The highest BCUT2D eigenvalue weighted by Gasteiger charge is 2.31. The molecular formula is C12H12FNO2. The van der Waals surface area contributed by atoms with Crippen molar-refractivity contribution in [3.63, 3.8) is 0 Å². The first-order valence-electron chi connectivity index (χ1n) is 4.93. The van der Waals surface area contributed by atoms with Crippen LogP contribution in [0, 0.1) is 5.82 Å². The summed E-state index contributed by atoms with van der Waals surface area (Å²) >= 11 is 0. The third-order valence-corrected chi connectivity index (χ3v) is 2.79. The number of aromatic amines is 1. The summed E-state index contributed by atoms with van der Waals surface area (Å²) in [5.74, 6) is -1.24. The molecule has 0 unspecified atom stereocenters. The van der Waals surface area contributed by atoms with Gasteiger partial charge in [0.25, 0.3) is 0 Å². The summed E-state index contributed by atoms with van der Waals surface area (Å²) in [6, 6.07) is 6.00. The Bertz CT molecular complexity index is 557. The number of aromatic nitrogens is 1. The molecule has 0 atom stereocenters. The molecule has 0 aliphatic carbocycles. The normalized spacial score (nSPS) is 11.9. The Kier molecular flexibility index (Phi) is 2.22. The number of fused-ring (bicyclic) bond motifs is 1. The summed E-state index contributed by atoms with van der Waals surface area (Å²) < 4.78 is 13.0. The topological polar surface area (TPSA) is 53.1 Å². The molecule has 0 aliphatic rings. The second kappa shape index (κ2) is 3.33. The van der Waals surface area contributed by atoms with E-state index < -0.39 is 11.4 Å². The summed E-state index contributed by atoms with van der Waals surface area (Å²) in [7, 11) is 0. The summed E-state index contributed by atoms with van der Waals surface area (Å²) in [6.45, 7) is 3.22. The number of hydrogen-bond donors (Lipinski definition) is 2. The van der Waals surface area contributed by atoms with Crippen molar-refractivity contribution in [2.75, 3.05) is 0 Å². The van der Waals surface area contributed by atoms with E-state index in [0.29, 0.717) is 11.1 Å². The van der Waals surface area contributed by atoms with Gasteiger partial charge in [0.05, 0.1) is 0 Å². The smallest absolute Gasteiger partial charge is 0.315 e. The molecule has 2 aromatic rings. The van der Waals surface area contributed by atoms with Gasteiger partial charge in [0.2, 0.25) is 0 Å². The number of halogens is 1. The number of carbonyl (C=O) groups is 1. The molecule has 2 N–H and O–H groups in total. The molecular weight excluding hydrogens is 209 g/mol. The first-order valence-corrected chi connectivity index (χ1v) is 4.93. The maximum Gasteiger partial charge on any atom is 0.315 e. The molecule has 4 heteroatoms. The predicted octanol–water partition coefficient (Wildman–Crippen LogP) is 2.67. The lowest BCUT2D eigenvalue weighted by Crippen LogP contribution is -2.28. The minimum absolute atomic E-state index is 0.328. The third-order valence-electron chi connectivity index (χ3n) is 2.79. The molecule has 2 rings (SSSR count). The first-order chi connectivity index (χ1) is 7.41. The van der Waals surface area contributed by atoms with Gasteiger partial charge in [-0.05, 0) is 38.1 Å². The van der Waals surface area contributed by atoms with Gasteiger partial charge in [-0.25, -0.2) is 4.39 Å². The summed E-state index contributed by atoms with van der Waals surface area (Å²) in [6.07, 6.45) is 0. The molecule has 1 heterocycles. The number of aliphatic carboxylic acids is 1. The van der Waals surface area contributed by atoms with Gasteiger partial charge >= 0.3 is 5.97 Å². The second-order valence-corrected chi connectivity index (χ2v) is 4.34. The van der Waals surface area contributed by atoms with E-state index in [1.54, 1.807) is 26.0 Å². The van der Waals surface area contributed by atoms with E-state index in [9.17, 15) is 9.18 Å². The van der Waals surface area contributed by atoms with Crippen LogP contribution >= 0.6 is 0 Å². The number of carboxylic acid groups (broad SMARTS) is 1. The number of benzene rings is 1. The van der Waals surface area contributed by atoms with E-state index in [-0.39, 0.29) is 5.82 Å². The van der Waals surface area contributed by atoms with Crippen LogP contribution in [-0.2, 0) is 10.2 Å². The monoisotopic (exact) mass is 221 g/mol. The van der Waals surface area contributed by atoms with Crippen LogP contribution in [-0.4, -0.2) is 16.1 Å². The molecule has 0 bridgehead atoms. The number of rotatable bonds is 2. The van der Waals surface area contributed by atoms with Crippen molar-refractivity contribution in [1.82, 2.24) is 4.98 Å². The third kappa shape index (κ3) is 1.56. The fourth-order valence-electron chi connectivity index (χ4n) is 1.56. The van der Waals surface area contributed by atoms with Gasteiger partial charge in [0, 0.05) is 16.6 Å². The van der Waals surface area contributed by atoms with Crippen LogP contribution in [0.2, 0.25) is 0 Å². The molecule has 0 radical (unpaired) electrons. The van der Waals surface area contributed by atoms with Gasteiger partial charge in [0.1, 0.15) is 11.2 Å². The van der Waals surface area contributed by atoms with Gasteiger partial charge in [-0.3, -0.25) is 4.79 Å². The standard InChI is InChI=1S/C12H12FNO2/c1-12(2,11(15)16)10-6-7-5-8(13)3-4-9(7)14-10/h3-6,14H,1-2H3,(H,15,16). The maximum absolute atomic E-state index is 13.0. The van der Waals surface area contributed by atoms with E-state index >= 15 is 0 Å². The highest BCUT2D eigenvalue weighted by molar-refractivity contribution is 5.85. The van der Waals surface area contributed by atoms with E-state index in [4.69, 9.17) is 5.11 Å². The predicted molar refractivity (Wildman–Crippen MR) is 58.9 cm³/mol. The lowest BCUT2D eigenvalue weighted by atomic mass is 9.90. The van der Waals surface area contributed by atoms with Crippen molar-refractivity contribution in [3.05, 3.63) is 35.8 Å². The van der Waals surface area contributed by atoms with Gasteiger partial charge in [-0.1, -0.05) is 0 Å². The number of nitrogens with one attached hydrogen (secondary N) is 1. The molecule has 16 heavy (non-hydrogen) atoms. The number of H-pyrrole nitrogens is 1. The maximum atomic E-state index is 13.0. The van der Waals surface area contributed by atoms with Gasteiger partial charge in [0.15, 0.2) is 0 Å². The summed E-state index contributed by atoms with van der Waals surface area (Å²) in [4.78, 5) is 14.1. The van der Waals surface area contributed by atoms with E-state index in [1.165, 1.54) is 12.1 Å². The molecule has 84 valence electrons. The van der Waals surface area contributed by atoms with Crippen molar-refractivity contribution in [3.8, 4) is 0 Å². The fraction of sp³-hybridized carbons (Fsp3) is 0.250. The molecule has 0 saturated carbocycles. The number of carboxylic acids is 1. The Balaban J connectivity index is 2.59. The molecule has 0 saturated heterocycles. The Labute approximate surface area is 91.9 Å². The Morgan fingerprint density at radius 2 is 2.06 bits per heavy atom. The molecule has 0 fully saturated rings. The summed E-state index contributed by atoms with van der Waals surface area (Å²) in [5.41, 5.74) is 0.307. The van der Waals surface area contributed by atoms with Crippen molar-refractivity contribution >= 4 is 16.9 Å². The largest absolute Gasteiger partial charge is 0.481 e. The van der Waals surface area contributed by atoms with Crippen molar-refractivity contribution < 1.29 is 14.3 Å². The Morgan fingerprint density at radius 1 is 1.38 bits per heavy atom. The van der Waals surface area contributed by atoms with Crippen LogP contribution in [0.3, 0.4) is 0 Å². The zero-order valence-corrected chi connectivity index (χ0v) is 9.04. The van der Waals surface area contributed by atoms with Crippen molar-refractivity contribution in [2.24, 2.45) is 0 Å². The van der Waals surface area contributed by atoms with Crippen LogP contribution in [0.4, 0.5) is 4.39 Å². The minimum atomic E-state index is -1.00. The van der Waals surface area contributed by atoms with Crippen LogP contribution in [0.1, 0.15) is 19.5 Å². The first kappa shape index (κ1) is 10.7. The minimum Gasteiger partial charge on any atom is -0.481 e. The molecule has 1 aromatic carbocycles.